The number of aromatic amines is 1. The summed E-state index contributed by atoms with van der Waals surface area (Å²) in [5, 5.41) is 11.0. The molecule has 1 atom stereocenters. The molecule has 4 heterocycles. The average molecular weight is 341 g/mol. The van der Waals surface area contributed by atoms with E-state index in [2.05, 4.69) is 20.4 Å². The van der Waals surface area contributed by atoms with Gasteiger partial charge in [-0.1, -0.05) is 0 Å². The number of hydrogen-bond acceptors (Lipinski definition) is 4. The zero-order valence-corrected chi connectivity index (χ0v) is 14.6. The Morgan fingerprint density at radius 3 is 2.68 bits per heavy atom. The van der Waals surface area contributed by atoms with E-state index in [4.69, 9.17) is 0 Å². The molecule has 132 valence electrons. The van der Waals surface area contributed by atoms with E-state index < -0.39 is 0 Å². The average Bonchev–Trinajstić information content (AvgIpc) is 3.05. The first-order valence-corrected chi connectivity index (χ1v) is 8.76. The van der Waals surface area contributed by atoms with Crippen molar-refractivity contribution in [1.29, 1.82) is 0 Å². The first-order valence-electron chi connectivity index (χ1n) is 8.76. The molecule has 25 heavy (non-hydrogen) atoms. The number of aromatic nitrogens is 2. The van der Waals surface area contributed by atoms with Gasteiger partial charge in [0.2, 0.25) is 0 Å². The zero-order valence-electron chi connectivity index (χ0n) is 14.6. The van der Waals surface area contributed by atoms with E-state index in [0.717, 1.165) is 37.9 Å². The molecule has 0 spiro atoms. The Kier molecular flexibility index (Phi) is 3.95. The van der Waals surface area contributed by atoms with E-state index in [1.165, 1.54) is 4.90 Å². The molecule has 7 heteroatoms. The largest absolute Gasteiger partial charge is 0.346 e. The first-order chi connectivity index (χ1) is 12.0. The normalized spacial score (nSPS) is 25.1. The van der Waals surface area contributed by atoms with Crippen LogP contribution in [-0.2, 0) is 0 Å². The Labute approximate surface area is 146 Å². The fourth-order valence-corrected chi connectivity index (χ4v) is 3.95. The highest BCUT2D eigenvalue weighted by molar-refractivity contribution is 6.06. The van der Waals surface area contributed by atoms with Gasteiger partial charge in [-0.2, -0.15) is 5.10 Å². The van der Waals surface area contributed by atoms with Crippen molar-refractivity contribution in [2.45, 2.75) is 18.9 Å². The van der Waals surface area contributed by atoms with E-state index >= 15 is 0 Å². The van der Waals surface area contributed by atoms with Crippen molar-refractivity contribution in [2.24, 2.45) is 5.92 Å². The van der Waals surface area contributed by atoms with Crippen molar-refractivity contribution >= 4 is 22.7 Å². The summed E-state index contributed by atoms with van der Waals surface area (Å²) in [5.41, 5.74) is 1.67. The van der Waals surface area contributed by atoms with Crippen LogP contribution in [0.4, 0.5) is 0 Å². The zero-order chi connectivity index (χ0) is 17.6. The summed E-state index contributed by atoms with van der Waals surface area (Å²) in [6.45, 7) is 3.22. The lowest BCUT2D eigenvalue weighted by molar-refractivity contribution is 0.0618. The van der Waals surface area contributed by atoms with Crippen molar-refractivity contribution in [3.05, 3.63) is 29.5 Å². The van der Waals surface area contributed by atoms with Gasteiger partial charge < -0.3 is 15.1 Å². The second kappa shape index (κ2) is 6.15. The van der Waals surface area contributed by atoms with Gasteiger partial charge in [0.1, 0.15) is 0 Å². The molecule has 0 unspecified atom stereocenters. The Bertz CT molecular complexity index is 820. The summed E-state index contributed by atoms with van der Waals surface area (Å²) in [6, 6.07) is 5.48. The van der Waals surface area contributed by atoms with Crippen molar-refractivity contribution in [3.8, 4) is 0 Å². The third-order valence-electron chi connectivity index (χ3n) is 5.40. The quantitative estimate of drug-likeness (QED) is 0.876. The standard InChI is InChI=1S/C18H23N5O2/c1-22(2)18(25)12-3-4-13-14(9-12)20-21-16(13)17(24)19-15-10-23-7-5-11(15)6-8-23/h3-4,9,11,15H,5-8,10H2,1-2H3,(H,19,24)(H,20,21)/t15-/m1/s1. The van der Waals surface area contributed by atoms with E-state index in [1.54, 1.807) is 32.3 Å². The highest BCUT2D eigenvalue weighted by atomic mass is 16.2. The van der Waals surface area contributed by atoms with Crippen molar-refractivity contribution in [3.63, 3.8) is 0 Å². The predicted molar refractivity (Wildman–Crippen MR) is 94.5 cm³/mol. The molecule has 2 bridgehead atoms. The lowest BCUT2D eigenvalue weighted by Gasteiger charge is -2.44. The molecule has 7 nitrogen and oxygen atoms in total. The number of nitrogens with one attached hydrogen (secondary N) is 2. The first kappa shape index (κ1) is 16.1. The van der Waals surface area contributed by atoms with Crippen LogP contribution in [0.3, 0.4) is 0 Å². The van der Waals surface area contributed by atoms with Crippen LogP contribution in [0.15, 0.2) is 18.2 Å². The molecule has 3 aliphatic rings. The Morgan fingerprint density at radius 2 is 2.04 bits per heavy atom. The van der Waals surface area contributed by atoms with E-state index in [0.29, 0.717) is 22.7 Å². The Balaban J connectivity index is 1.55. The van der Waals surface area contributed by atoms with Crippen LogP contribution in [0.2, 0.25) is 0 Å². The molecule has 3 fully saturated rings. The number of benzene rings is 1. The molecule has 5 rings (SSSR count). The molecular weight excluding hydrogens is 318 g/mol. The van der Waals surface area contributed by atoms with Gasteiger partial charge in [0.15, 0.2) is 5.69 Å². The topological polar surface area (TPSA) is 81.3 Å². The van der Waals surface area contributed by atoms with Crippen LogP contribution >= 0.6 is 0 Å². The van der Waals surface area contributed by atoms with Gasteiger partial charge in [0.25, 0.3) is 11.8 Å². The van der Waals surface area contributed by atoms with Crippen LogP contribution in [0, 0.1) is 5.92 Å². The molecule has 1 aromatic heterocycles. The van der Waals surface area contributed by atoms with E-state index in [-0.39, 0.29) is 17.9 Å². The molecule has 2 N–H and O–H groups in total. The van der Waals surface area contributed by atoms with Crippen LogP contribution in [0.5, 0.6) is 0 Å². The van der Waals surface area contributed by atoms with Crippen LogP contribution < -0.4 is 5.32 Å². The minimum atomic E-state index is -0.142. The fraction of sp³-hybridized carbons (Fsp3) is 0.500. The number of nitrogens with zero attached hydrogens (tertiary/aromatic N) is 3. The van der Waals surface area contributed by atoms with E-state index in [1.807, 2.05) is 0 Å². The Hall–Kier alpha value is -2.41. The smallest absolute Gasteiger partial charge is 0.272 e. The summed E-state index contributed by atoms with van der Waals surface area (Å²) < 4.78 is 0. The molecule has 0 radical (unpaired) electrons. The van der Waals surface area contributed by atoms with Gasteiger partial charge in [-0.15, -0.1) is 0 Å². The molecule has 0 aliphatic carbocycles. The van der Waals surface area contributed by atoms with Crippen LogP contribution in [0.1, 0.15) is 33.7 Å². The summed E-state index contributed by atoms with van der Waals surface area (Å²) in [5.74, 6) is 0.356. The van der Waals surface area contributed by atoms with Crippen LogP contribution in [0.25, 0.3) is 10.9 Å². The lowest BCUT2D eigenvalue weighted by atomic mass is 9.84. The van der Waals surface area contributed by atoms with Gasteiger partial charge in [0, 0.05) is 37.6 Å². The molecule has 2 amide bonds. The lowest BCUT2D eigenvalue weighted by Crippen LogP contribution is -2.57. The molecule has 3 aliphatic heterocycles. The highest BCUT2D eigenvalue weighted by Gasteiger charge is 2.35. The summed E-state index contributed by atoms with van der Waals surface area (Å²) in [6.07, 6.45) is 2.31. The second-order valence-electron chi connectivity index (χ2n) is 7.25. The summed E-state index contributed by atoms with van der Waals surface area (Å²) >= 11 is 0. The maximum Gasteiger partial charge on any atom is 0.272 e. The monoisotopic (exact) mass is 341 g/mol. The molecule has 1 aromatic carbocycles. The third kappa shape index (κ3) is 2.89. The van der Waals surface area contributed by atoms with Crippen molar-refractivity contribution < 1.29 is 9.59 Å². The van der Waals surface area contributed by atoms with Gasteiger partial charge in [-0.05, 0) is 50.0 Å². The number of fused-ring (bicyclic) bond motifs is 4. The van der Waals surface area contributed by atoms with Gasteiger partial charge >= 0.3 is 0 Å². The predicted octanol–water partition coefficient (Wildman–Crippen LogP) is 1.09. The van der Waals surface area contributed by atoms with Gasteiger partial charge in [-0.3, -0.25) is 14.7 Å². The van der Waals surface area contributed by atoms with Crippen LogP contribution in [-0.4, -0.2) is 71.6 Å². The minimum Gasteiger partial charge on any atom is -0.346 e. The molecular formula is C18H23N5O2. The number of carbonyl (C=O) groups is 2. The third-order valence-corrected chi connectivity index (χ3v) is 5.40. The summed E-state index contributed by atoms with van der Waals surface area (Å²) in [4.78, 5) is 28.7. The van der Waals surface area contributed by atoms with E-state index in [9.17, 15) is 9.59 Å². The number of carbonyl (C=O) groups excluding carboxylic acids is 2. The maximum absolute atomic E-state index is 12.7. The fourth-order valence-electron chi connectivity index (χ4n) is 3.95. The minimum absolute atomic E-state index is 0.0743. The molecule has 3 saturated heterocycles. The maximum atomic E-state index is 12.7. The van der Waals surface area contributed by atoms with Gasteiger partial charge in [0.05, 0.1) is 5.52 Å². The number of rotatable bonds is 3. The highest BCUT2D eigenvalue weighted by Crippen LogP contribution is 2.28. The number of piperidine rings is 3. The summed E-state index contributed by atoms with van der Waals surface area (Å²) in [7, 11) is 3.43. The molecule has 0 saturated carbocycles. The van der Waals surface area contributed by atoms with Crippen molar-refractivity contribution in [1.82, 2.24) is 25.3 Å². The number of amides is 2. The Morgan fingerprint density at radius 1 is 1.28 bits per heavy atom. The molecule has 2 aromatic rings. The second-order valence-corrected chi connectivity index (χ2v) is 7.25. The van der Waals surface area contributed by atoms with Crippen molar-refractivity contribution in [2.75, 3.05) is 33.7 Å². The number of hydrogen-bond donors (Lipinski definition) is 2. The van der Waals surface area contributed by atoms with Gasteiger partial charge in [-0.25, -0.2) is 0 Å². The SMILES string of the molecule is CN(C)C(=O)c1ccc2c(C(=O)N[C@@H]3CN4CCC3CC4)n[nH]c2c1. The number of H-pyrrole nitrogens is 1.